The summed E-state index contributed by atoms with van der Waals surface area (Å²) in [4.78, 5) is 12.5. The average molecular weight is 383 g/mol. The molecule has 0 aromatic heterocycles. The van der Waals surface area contributed by atoms with Crippen molar-refractivity contribution in [1.29, 1.82) is 0 Å². The molecule has 7 heteroatoms. The van der Waals surface area contributed by atoms with Gasteiger partial charge in [0.1, 0.15) is 5.54 Å². The maximum Gasteiger partial charge on any atom is 0.240 e. The van der Waals surface area contributed by atoms with E-state index in [-0.39, 0.29) is 23.5 Å². The van der Waals surface area contributed by atoms with E-state index in [1.807, 2.05) is 39.0 Å². The van der Waals surface area contributed by atoms with Gasteiger partial charge in [0.2, 0.25) is 5.91 Å². The second kappa shape index (κ2) is 8.06. The highest BCUT2D eigenvalue weighted by Gasteiger charge is 2.62. The maximum absolute atomic E-state index is 12.5. The third-order valence-electron chi connectivity index (χ3n) is 5.38. The van der Waals surface area contributed by atoms with Crippen LogP contribution in [0.1, 0.15) is 39.2 Å². The van der Waals surface area contributed by atoms with Gasteiger partial charge >= 0.3 is 0 Å². The molecule has 2 rings (SSSR count). The van der Waals surface area contributed by atoms with E-state index in [2.05, 4.69) is 5.32 Å². The van der Waals surface area contributed by atoms with Gasteiger partial charge in [-0.15, -0.1) is 0 Å². The van der Waals surface area contributed by atoms with Crippen molar-refractivity contribution in [2.45, 2.75) is 51.0 Å². The SMILES string of the molecule is CCOC1CC(N)(C(=O)NCCCS(=O)(=O)Cc2ccccc2)C1(C)C. The zero-order chi connectivity index (χ0) is 19.4. The Balaban J connectivity index is 1.78. The van der Waals surface area contributed by atoms with Crippen molar-refractivity contribution in [2.24, 2.45) is 11.1 Å². The highest BCUT2D eigenvalue weighted by molar-refractivity contribution is 7.90. The maximum atomic E-state index is 12.5. The van der Waals surface area contributed by atoms with E-state index >= 15 is 0 Å². The summed E-state index contributed by atoms with van der Waals surface area (Å²) < 4.78 is 30.0. The number of hydrogen-bond donors (Lipinski definition) is 2. The number of rotatable bonds is 9. The Labute approximate surface area is 156 Å². The van der Waals surface area contributed by atoms with Crippen molar-refractivity contribution in [3.05, 3.63) is 35.9 Å². The second-order valence-corrected chi connectivity index (χ2v) is 9.71. The topological polar surface area (TPSA) is 98.5 Å². The first-order chi connectivity index (χ1) is 12.1. The largest absolute Gasteiger partial charge is 0.378 e. The lowest BCUT2D eigenvalue weighted by molar-refractivity contribution is -0.170. The van der Waals surface area contributed by atoms with Crippen LogP contribution in [0.15, 0.2) is 30.3 Å². The van der Waals surface area contributed by atoms with Gasteiger partial charge in [-0.2, -0.15) is 0 Å². The molecule has 0 heterocycles. The van der Waals surface area contributed by atoms with Gasteiger partial charge in [-0.3, -0.25) is 4.79 Å². The van der Waals surface area contributed by atoms with Gasteiger partial charge in [-0.1, -0.05) is 44.2 Å². The van der Waals surface area contributed by atoms with Gasteiger partial charge in [-0.25, -0.2) is 8.42 Å². The molecule has 146 valence electrons. The fourth-order valence-corrected chi connectivity index (χ4v) is 4.80. The molecule has 3 N–H and O–H groups in total. The summed E-state index contributed by atoms with van der Waals surface area (Å²) in [5.74, 6) is -0.185. The van der Waals surface area contributed by atoms with Crippen LogP contribution >= 0.6 is 0 Å². The third-order valence-corrected chi connectivity index (χ3v) is 7.07. The van der Waals surface area contributed by atoms with Crippen molar-refractivity contribution >= 4 is 15.7 Å². The summed E-state index contributed by atoms with van der Waals surface area (Å²) in [5.41, 5.74) is 5.65. The lowest BCUT2D eigenvalue weighted by atomic mass is 9.54. The van der Waals surface area contributed by atoms with Crippen LogP contribution in [0.5, 0.6) is 0 Å². The summed E-state index contributed by atoms with van der Waals surface area (Å²) in [7, 11) is -3.20. The summed E-state index contributed by atoms with van der Waals surface area (Å²) in [5, 5.41) is 2.80. The number of carbonyl (C=O) groups excluding carboxylic acids is 1. The smallest absolute Gasteiger partial charge is 0.240 e. The van der Waals surface area contributed by atoms with E-state index in [4.69, 9.17) is 10.5 Å². The van der Waals surface area contributed by atoms with Crippen LogP contribution in [-0.2, 0) is 25.1 Å². The first-order valence-corrected chi connectivity index (χ1v) is 10.9. The summed E-state index contributed by atoms with van der Waals surface area (Å²) in [6, 6.07) is 9.09. The number of nitrogens with two attached hydrogens (primary N) is 1. The Kier molecular flexibility index (Phi) is 6.47. The standard InChI is InChI=1S/C19H30N2O4S/c1-4-25-16-13-19(20,18(16,2)3)17(22)21-11-8-12-26(23,24)14-15-9-6-5-7-10-15/h5-7,9-10,16H,4,8,11-14,20H2,1-3H3,(H,21,22). The minimum Gasteiger partial charge on any atom is -0.378 e. The van der Waals surface area contributed by atoms with Crippen LogP contribution in [-0.4, -0.2) is 44.9 Å². The lowest BCUT2D eigenvalue weighted by Gasteiger charge is -2.57. The lowest BCUT2D eigenvalue weighted by Crippen LogP contribution is -2.75. The molecule has 1 aromatic carbocycles. The first-order valence-electron chi connectivity index (χ1n) is 9.05. The fourth-order valence-electron chi connectivity index (χ4n) is 3.37. The van der Waals surface area contributed by atoms with Crippen molar-refractivity contribution in [1.82, 2.24) is 5.32 Å². The first kappa shape index (κ1) is 20.9. The molecule has 1 amide bonds. The fraction of sp³-hybridized carbons (Fsp3) is 0.632. The number of sulfone groups is 1. The molecule has 0 saturated heterocycles. The van der Waals surface area contributed by atoms with E-state index in [9.17, 15) is 13.2 Å². The molecule has 1 saturated carbocycles. The van der Waals surface area contributed by atoms with Gasteiger partial charge in [0.25, 0.3) is 0 Å². The van der Waals surface area contributed by atoms with Gasteiger partial charge in [0, 0.05) is 25.0 Å². The summed E-state index contributed by atoms with van der Waals surface area (Å²) in [6.07, 6.45) is 0.813. The minimum absolute atomic E-state index is 0.0195. The highest BCUT2D eigenvalue weighted by atomic mass is 32.2. The van der Waals surface area contributed by atoms with Gasteiger partial charge in [0.05, 0.1) is 17.6 Å². The molecular weight excluding hydrogens is 352 g/mol. The van der Waals surface area contributed by atoms with Crippen molar-refractivity contribution < 1.29 is 17.9 Å². The number of ether oxygens (including phenoxy) is 1. The second-order valence-electron chi connectivity index (χ2n) is 7.53. The van der Waals surface area contributed by atoms with Crippen LogP contribution in [0.4, 0.5) is 0 Å². The van der Waals surface area contributed by atoms with E-state index in [0.717, 1.165) is 5.56 Å². The monoisotopic (exact) mass is 382 g/mol. The van der Waals surface area contributed by atoms with E-state index in [1.165, 1.54) is 0 Å². The predicted molar refractivity (Wildman–Crippen MR) is 102 cm³/mol. The summed E-state index contributed by atoms with van der Waals surface area (Å²) >= 11 is 0. The molecule has 26 heavy (non-hydrogen) atoms. The number of amides is 1. The number of carbonyl (C=O) groups is 1. The predicted octanol–water partition coefficient (Wildman–Crippen LogP) is 1.64. The molecule has 1 aliphatic rings. The molecule has 0 bridgehead atoms. The number of nitrogens with one attached hydrogen (secondary N) is 1. The van der Waals surface area contributed by atoms with Crippen molar-refractivity contribution in [3.8, 4) is 0 Å². The van der Waals surface area contributed by atoms with E-state index in [1.54, 1.807) is 12.1 Å². The third kappa shape index (κ3) is 4.45. The Bertz CT molecular complexity index is 718. The molecular formula is C19H30N2O4S. The molecule has 1 aromatic rings. The molecule has 1 aliphatic carbocycles. The summed E-state index contributed by atoms with van der Waals surface area (Å²) in [6.45, 7) is 6.66. The van der Waals surface area contributed by atoms with Crippen LogP contribution in [0.2, 0.25) is 0 Å². The van der Waals surface area contributed by atoms with Crippen LogP contribution < -0.4 is 11.1 Å². The number of benzene rings is 1. The Morgan fingerprint density at radius 3 is 2.54 bits per heavy atom. The van der Waals surface area contributed by atoms with Gasteiger partial charge in [-0.05, 0) is 18.9 Å². The van der Waals surface area contributed by atoms with Gasteiger partial charge in [0.15, 0.2) is 9.84 Å². The zero-order valence-electron chi connectivity index (χ0n) is 15.8. The quantitative estimate of drug-likeness (QED) is 0.633. The molecule has 6 nitrogen and oxygen atoms in total. The van der Waals surface area contributed by atoms with Crippen LogP contribution in [0, 0.1) is 5.41 Å². The van der Waals surface area contributed by atoms with E-state index < -0.39 is 20.8 Å². The molecule has 0 radical (unpaired) electrons. The average Bonchev–Trinajstić information content (AvgIpc) is 2.58. The Hall–Kier alpha value is -1.44. The van der Waals surface area contributed by atoms with Crippen LogP contribution in [0.25, 0.3) is 0 Å². The zero-order valence-corrected chi connectivity index (χ0v) is 16.6. The minimum atomic E-state index is -3.20. The molecule has 0 spiro atoms. The Morgan fingerprint density at radius 1 is 1.31 bits per heavy atom. The molecule has 0 aliphatic heterocycles. The molecule has 2 atom stereocenters. The van der Waals surface area contributed by atoms with E-state index in [0.29, 0.717) is 26.0 Å². The van der Waals surface area contributed by atoms with Crippen molar-refractivity contribution in [3.63, 3.8) is 0 Å². The molecule has 1 fully saturated rings. The van der Waals surface area contributed by atoms with Crippen LogP contribution in [0.3, 0.4) is 0 Å². The molecule has 2 unspecified atom stereocenters. The normalized spacial score (nSPS) is 24.7. The van der Waals surface area contributed by atoms with Crippen molar-refractivity contribution in [2.75, 3.05) is 18.9 Å². The van der Waals surface area contributed by atoms with Gasteiger partial charge < -0.3 is 15.8 Å². The number of hydrogen-bond acceptors (Lipinski definition) is 5. The Morgan fingerprint density at radius 2 is 1.96 bits per heavy atom. The highest BCUT2D eigenvalue weighted by Crippen LogP contribution is 2.49.